The molecule has 2 saturated heterocycles. The van der Waals surface area contributed by atoms with Crippen molar-refractivity contribution in [2.45, 2.75) is 57.3 Å². The summed E-state index contributed by atoms with van der Waals surface area (Å²) in [6.07, 6.45) is 6.51. The molecule has 0 bridgehead atoms. The fourth-order valence-electron chi connectivity index (χ4n) is 4.98. The molecule has 0 radical (unpaired) electrons. The zero-order chi connectivity index (χ0) is 15.9. The van der Waals surface area contributed by atoms with Crippen molar-refractivity contribution in [2.24, 2.45) is 11.8 Å². The summed E-state index contributed by atoms with van der Waals surface area (Å²) in [5, 5.41) is 7.72. The second kappa shape index (κ2) is 6.17. The summed E-state index contributed by atoms with van der Waals surface area (Å²) >= 11 is 0. The van der Waals surface area contributed by atoms with E-state index < -0.39 is 0 Å². The number of nitrogens with zero attached hydrogens (tertiary/aromatic N) is 3. The normalized spacial score (nSPS) is 32.7. The van der Waals surface area contributed by atoms with E-state index in [0.717, 1.165) is 24.2 Å². The Balaban J connectivity index is 1.49. The molecule has 4 rings (SSSR count). The van der Waals surface area contributed by atoms with Gasteiger partial charge >= 0.3 is 0 Å². The molecule has 3 heterocycles. The molecular weight excluding hydrogens is 288 g/mol. The van der Waals surface area contributed by atoms with Crippen molar-refractivity contribution < 1.29 is 4.52 Å². The molecule has 0 unspecified atom stereocenters. The fourth-order valence-corrected chi connectivity index (χ4v) is 4.98. The van der Waals surface area contributed by atoms with Gasteiger partial charge in [-0.2, -0.15) is 4.98 Å². The van der Waals surface area contributed by atoms with Gasteiger partial charge < -0.3 is 14.7 Å². The van der Waals surface area contributed by atoms with Crippen LogP contribution >= 0.6 is 0 Å². The first-order valence-electron chi connectivity index (χ1n) is 9.44. The first-order chi connectivity index (χ1) is 11.2. The van der Waals surface area contributed by atoms with Crippen molar-refractivity contribution in [2.75, 3.05) is 32.7 Å². The Bertz CT molecular complexity index is 537. The number of piperidine rings is 1. The summed E-state index contributed by atoms with van der Waals surface area (Å²) in [4.78, 5) is 7.49. The summed E-state index contributed by atoms with van der Waals surface area (Å²) in [5.74, 6) is 3.72. The van der Waals surface area contributed by atoms with Gasteiger partial charge in [0.05, 0.1) is 5.41 Å². The minimum atomic E-state index is 0.146. The molecule has 1 aromatic heterocycles. The third kappa shape index (κ3) is 2.82. The van der Waals surface area contributed by atoms with E-state index >= 15 is 0 Å². The van der Waals surface area contributed by atoms with Crippen molar-refractivity contribution in [1.82, 2.24) is 20.4 Å². The van der Waals surface area contributed by atoms with Crippen molar-refractivity contribution in [3.8, 4) is 0 Å². The Labute approximate surface area is 139 Å². The van der Waals surface area contributed by atoms with E-state index in [1.807, 2.05) is 0 Å². The highest BCUT2D eigenvalue weighted by molar-refractivity contribution is 5.17. The molecule has 1 N–H and O–H groups in total. The number of hydrogen-bond donors (Lipinski definition) is 1. The standard InChI is InChI=1S/C18H30N4O/c1-13(2)16-20-17(23-21-16)18-7-3-4-15(18)11-22(12-18)10-14-5-8-19-9-6-14/h13-15,19H,3-12H2,1-2H3/t15-,18-/m1/s1. The lowest BCUT2D eigenvalue weighted by Gasteiger charge is -2.29. The van der Waals surface area contributed by atoms with Crippen LogP contribution in [0.25, 0.3) is 0 Å². The molecule has 2 aliphatic heterocycles. The van der Waals surface area contributed by atoms with E-state index in [1.54, 1.807) is 0 Å². The summed E-state index contributed by atoms with van der Waals surface area (Å²) in [5.41, 5.74) is 0.146. The van der Waals surface area contributed by atoms with Gasteiger partial charge in [0.1, 0.15) is 0 Å². The summed E-state index contributed by atoms with van der Waals surface area (Å²) in [6, 6.07) is 0. The highest BCUT2D eigenvalue weighted by Gasteiger charge is 2.54. The molecule has 2 atom stereocenters. The van der Waals surface area contributed by atoms with Gasteiger partial charge in [0, 0.05) is 25.6 Å². The Kier molecular flexibility index (Phi) is 4.18. The molecule has 1 aliphatic carbocycles. The Morgan fingerprint density at radius 3 is 2.87 bits per heavy atom. The lowest BCUT2D eigenvalue weighted by Crippen LogP contribution is -2.37. The lowest BCUT2D eigenvalue weighted by molar-refractivity contribution is 0.212. The largest absolute Gasteiger partial charge is 0.339 e. The second-order valence-corrected chi connectivity index (χ2v) is 8.25. The number of rotatable bonds is 4. The average molecular weight is 318 g/mol. The molecule has 0 amide bonds. The van der Waals surface area contributed by atoms with Gasteiger partial charge in [-0.05, 0) is 50.6 Å². The van der Waals surface area contributed by atoms with Crippen LogP contribution in [0.4, 0.5) is 0 Å². The molecule has 0 aromatic carbocycles. The van der Waals surface area contributed by atoms with Crippen LogP contribution in [-0.4, -0.2) is 47.8 Å². The van der Waals surface area contributed by atoms with Crippen molar-refractivity contribution in [1.29, 1.82) is 0 Å². The van der Waals surface area contributed by atoms with Gasteiger partial charge in [0.15, 0.2) is 5.82 Å². The van der Waals surface area contributed by atoms with E-state index in [0.29, 0.717) is 11.8 Å². The maximum Gasteiger partial charge on any atom is 0.234 e. The van der Waals surface area contributed by atoms with Crippen molar-refractivity contribution in [3.05, 3.63) is 11.7 Å². The zero-order valence-corrected chi connectivity index (χ0v) is 14.6. The highest BCUT2D eigenvalue weighted by atomic mass is 16.5. The smallest absolute Gasteiger partial charge is 0.234 e. The monoisotopic (exact) mass is 318 g/mol. The number of nitrogens with one attached hydrogen (secondary N) is 1. The van der Waals surface area contributed by atoms with Gasteiger partial charge in [-0.15, -0.1) is 0 Å². The van der Waals surface area contributed by atoms with Crippen LogP contribution in [0.3, 0.4) is 0 Å². The molecule has 128 valence electrons. The zero-order valence-electron chi connectivity index (χ0n) is 14.6. The Morgan fingerprint density at radius 1 is 1.30 bits per heavy atom. The predicted molar refractivity (Wildman–Crippen MR) is 89.4 cm³/mol. The molecule has 0 spiro atoms. The predicted octanol–water partition coefficient (Wildman–Crippen LogP) is 2.55. The van der Waals surface area contributed by atoms with Gasteiger partial charge in [-0.1, -0.05) is 25.4 Å². The number of hydrogen-bond acceptors (Lipinski definition) is 5. The topological polar surface area (TPSA) is 54.2 Å². The van der Waals surface area contributed by atoms with Gasteiger partial charge in [-0.25, -0.2) is 0 Å². The van der Waals surface area contributed by atoms with Crippen molar-refractivity contribution >= 4 is 0 Å². The Hall–Kier alpha value is -0.940. The Morgan fingerprint density at radius 2 is 2.13 bits per heavy atom. The van der Waals surface area contributed by atoms with E-state index in [2.05, 4.69) is 29.2 Å². The molecule has 23 heavy (non-hydrogen) atoms. The first kappa shape index (κ1) is 15.6. The summed E-state index contributed by atoms with van der Waals surface area (Å²) in [6.45, 7) is 10.3. The van der Waals surface area contributed by atoms with Crippen LogP contribution in [-0.2, 0) is 5.41 Å². The van der Waals surface area contributed by atoms with Crippen LogP contribution in [0.2, 0.25) is 0 Å². The molecule has 3 fully saturated rings. The van der Waals surface area contributed by atoms with E-state index in [4.69, 9.17) is 9.51 Å². The van der Waals surface area contributed by atoms with Crippen LogP contribution in [0.5, 0.6) is 0 Å². The van der Waals surface area contributed by atoms with Crippen LogP contribution in [0.1, 0.15) is 63.6 Å². The van der Waals surface area contributed by atoms with E-state index in [-0.39, 0.29) is 5.41 Å². The fraction of sp³-hybridized carbons (Fsp3) is 0.889. The third-order valence-corrected chi connectivity index (χ3v) is 6.30. The average Bonchev–Trinajstić information content (AvgIpc) is 3.21. The lowest BCUT2D eigenvalue weighted by atomic mass is 9.80. The summed E-state index contributed by atoms with van der Waals surface area (Å²) in [7, 11) is 0. The third-order valence-electron chi connectivity index (χ3n) is 6.30. The SMILES string of the molecule is CC(C)c1noc([C@@]23CCC[C@@H]2CN(CC2CCNCC2)C3)n1. The van der Waals surface area contributed by atoms with Gasteiger partial charge in [0.2, 0.25) is 5.89 Å². The molecule has 5 nitrogen and oxygen atoms in total. The van der Waals surface area contributed by atoms with Crippen LogP contribution in [0.15, 0.2) is 4.52 Å². The quantitative estimate of drug-likeness (QED) is 0.924. The first-order valence-corrected chi connectivity index (χ1v) is 9.44. The maximum absolute atomic E-state index is 5.76. The van der Waals surface area contributed by atoms with Gasteiger partial charge in [-0.3, -0.25) is 0 Å². The molecule has 3 aliphatic rings. The van der Waals surface area contributed by atoms with Gasteiger partial charge in [0.25, 0.3) is 0 Å². The van der Waals surface area contributed by atoms with Crippen molar-refractivity contribution in [3.63, 3.8) is 0 Å². The minimum Gasteiger partial charge on any atom is -0.339 e. The molecular formula is C18H30N4O. The van der Waals surface area contributed by atoms with Crippen LogP contribution in [0, 0.1) is 11.8 Å². The molecule has 5 heteroatoms. The van der Waals surface area contributed by atoms with E-state index in [1.165, 1.54) is 58.3 Å². The maximum atomic E-state index is 5.76. The van der Waals surface area contributed by atoms with Crippen LogP contribution < -0.4 is 5.32 Å². The molecule has 1 aromatic rings. The highest BCUT2D eigenvalue weighted by Crippen LogP contribution is 2.50. The number of fused-ring (bicyclic) bond motifs is 1. The molecule has 1 saturated carbocycles. The number of aromatic nitrogens is 2. The summed E-state index contributed by atoms with van der Waals surface area (Å²) < 4.78 is 5.76. The van der Waals surface area contributed by atoms with E-state index in [9.17, 15) is 0 Å². The second-order valence-electron chi connectivity index (χ2n) is 8.25. The number of likely N-dealkylation sites (tertiary alicyclic amines) is 1. The minimum absolute atomic E-state index is 0.146.